The Morgan fingerprint density at radius 1 is 1.21 bits per heavy atom. The van der Waals surface area contributed by atoms with Gasteiger partial charge in [0, 0.05) is 19.6 Å². The van der Waals surface area contributed by atoms with Crippen molar-refractivity contribution < 1.29 is 8.42 Å². The maximum absolute atomic E-state index is 12.2. The summed E-state index contributed by atoms with van der Waals surface area (Å²) in [6.07, 6.45) is 2.15. The number of hydrogen-bond acceptors (Lipinski definition) is 3. The first kappa shape index (κ1) is 20.5. The van der Waals surface area contributed by atoms with Crippen LogP contribution in [-0.4, -0.2) is 39.8 Å². The van der Waals surface area contributed by atoms with Gasteiger partial charge in [-0.25, -0.2) is 8.42 Å². The van der Waals surface area contributed by atoms with Crippen LogP contribution >= 0.6 is 0 Å². The highest BCUT2D eigenvalue weighted by Gasteiger charge is 2.15. The Bertz CT molecular complexity index is 619. The molecule has 0 saturated carbocycles. The number of guanidine groups is 1. The number of aliphatic imine (C=N–C) groups is 1. The van der Waals surface area contributed by atoms with E-state index in [4.69, 9.17) is 0 Å². The van der Waals surface area contributed by atoms with Gasteiger partial charge < -0.3 is 10.6 Å². The summed E-state index contributed by atoms with van der Waals surface area (Å²) in [7, 11) is -1.58. The topological polar surface area (TPSA) is 70.6 Å². The lowest BCUT2D eigenvalue weighted by Gasteiger charge is -2.23. The van der Waals surface area contributed by atoms with E-state index in [0.717, 1.165) is 12.8 Å². The third kappa shape index (κ3) is 7.81. The Morgan fingerprint density at radius 3 is 2.38 bits per heavy atom. The fourth-order valence-corrected chi connectivity index (χ4v) is 3.38. The van der Waals surface area contributed by atoms with Crippen molar-refractivity contribution in [3.8, 4) is 0 Å². The van der Waals surface area contributed by atoms with Gasteiger partial charge in [-0.05, 0) is 37.3 Å². The zero-order chi connectivity index (χ0) is 18.2. The van der Waals surface area contributed by atoms with Crippen LogP contribution in [0.4, 0.5) is 0 Å². The first-order valence-electron chi connectivity index (χ1n) is 8.39. The summed E-state index contributed by atoms with van der Waals surface area (Å²) in [5.41, 5.74) is 0.302. The van der Waals surface area contributed by atoms with Crippen LogP contribution < -0.4 is 10.6 Å². The molecule has 1 rings (SSSR count). The zero-order valence-electron chi connectivity index (χ0n) is 15.5. The average Bonchev–Trinajstić information content (AvgIpc) is 2.52. The number of sulfone groups is 1. The molecule has 0 aliphatic carbocycles. The molecule has 0 spiro atoms. The second-order valence-corrected chi connectivity index (χ2v) is 9.38. The molecule has 0 heterocycles. The van der Waals surface area contributed by atoms with Crippen LogP contribution in [0.5, 0.6) is 0 Å². The summed E-state index contributed by atoms with van der Waals surface area (Å²) >= 11 is 0. The van der Waals surface area contributed by atoms with Crippen molar-refractivity contribution in [2.45, 2.75) is 51.5 Å². The van der Waals surface area contributed by atoms with Crippen molar-refractivity contribution in [1.82, 2.24) is 10.6 Å². The van der Waals surface area contributed by atoms with Crippen LogP contribution in [0.1, 0.15) is 40.5 Å². The maximum Gasteiger partial charge on any atom is 0.191 e. The SMILES string of the molecule is CN=C(NCCS(=O)(=O)c1ccccc1)NC(C)CCC(C)(C)C. The van der Waals surface area contributed by atoms with Gasteiger partial charge >= 0.3 is 0 Å². The largest absolute Gasteiger partial charge is 0.355 e. The molecular weight excluding hydrogens is 322 g/mol. The van der Waals surface area contributed by atoms with E-state index < -0.39 is 9.84 Å². The third-order valence-electron chi connectivity index (χ3n) is 3.70. The second-order valence-electron chi connectivity index (χ2n) is 7.28. The van der Waals surface area contributed by atoms with E-state index in [1.165, 1.54) is 0 Å². The molecule has 0 saturated heterocycles. The Hall–Kier alpha value is -1.56. The van der Waals surface area contributed by atoms with Crippen LogP contribution in [0.3, 0.4) is 0 Å². The molecule has 1 aromatic carbocycles. The van der Waals surface area contributed by atoms with E-state index in [1.807, 2.05) is 6.07 Å². The lowest BCUT2D eigenvalue weighted by atomic mass is 9.89. The van der Waals surface area contributed by atoms with Crippen LogP contribution in [0.25, 0.3) is 0 Å². The smallest absolute Gasteiger partial charge is 0.191 e. The van der Waals surface area contributed by atoms with Crippen molar-refractivity contribution >= 4 is 15.8 Å². The van der Waals surface area contributed by atoms with Crippen molar-refractivity contribution in [3.63, 3.8) is 0 Å². The molecule has 0 bridgehead atoms. The van der Waals surface area contributed by atoms with Gasteiger partial charge in [-0.3, -0.25) is 4.99 Å². The monoisotopic (exact) mass is 353 g/mol. The highest BCUT2D eigenvalue weighted by Crippen LogP contribution is 2.21. The summed E-state index contributed by atoms with van der Waals surface area (Å²) < 4.78 is 24.5. The zero-order valence-corrected chi connectivity index (χ0v) is 16.3. The number of nitrogens with one attached hydrogen (secondary N) is 2. The van der Waals surface area contributed by atoms with E-state index >= 15 is 0 Å². The molecule has 5 nitrogen and oxygen atoms in total. The highest BCUT2D eigenvalue weighted by molar-refractivity contribution is 7.91. The van der Waals surface area contributed by atoms with E-state index in [9.17, 15) is 8.42 Å². The number of nitrogens with zero attached hydrogens (tertiary/aromatic N) is 1. The summed E-state index contributed by atoms with van der Waals surface area (Å²) in [5.74, 6) is 0.674. The van der Waals surface area contributed by atoms with Gasteiger partial charge in [-0.15, -0.1) is 0 Å². The molecule has 1 atom stereocenters. The van der Waals surface area contributed by atoms with E-state index in [-0.39, 0.29) is 11.8 Å². The molecule has 6 heteroatoms. The van der Waals surface area contributed by atoms with E-state index in [0.29, 0.717) is 22.8 Å². The van der Waals surface area contributed by atoms with Crippen molar-refractivity contribution in [3.05, 3.63) is 30.3 Å². The Morgan fingerprint density at radius 2 is 1.83 bits per heavy atom. The minimum atomic E-state index is -3.27. The summed E-state index contributed by atoms with van der Waals surface area (Å²) in [6, 6.07) is 8.80. The highest BCUT2D eigenvalue weighted by atomic mass is 32.2. The Kier molecular flexibility index (Phi) is 7.73. The molecule has 2 N–H and O–H groups in total. The minimum Gasteiger partial charge on any atom is -0.355 e. The van der Waals surface area contributed by atoms with Crippen LogP contribution in [0.2, 0.25) is 0 Å². The molecule has 0 amide bonds. The molecule has 0 radical (unpaired) electrons. The molecule has 0 fully saturated rings. The van der Waals surface area contributed by atoms with E-state index in [2.05, 4.69) is 43.3 Å². The molecule has 0 aromatic heterocycles. The number of rotatable bonds is 7. The van der Waals surface area contributed by atoms with Crippen LogP contribution in [0, 0.1) is 5.41 Å². The molecule has 0 aliphatic rings. The average molecular weight is 354 g/mol. The molecular formula is C18H31N3O2S. The Labute approximate surface area is 146 Å². The third-order valence-corrected chi connectivity index (χ3v) is 5.43. The summed E-state index contributed by atoms with van der Waals surface area (Å²) in [5, 5.41) is 6.39. The van der Waals surface area contributed by atoms with Gasteiger partial charge in [0.25, 0.3) is 0 Å². The minimum absolute atomic E-state index is 0.0358. The Balaban J connectivity index is 2.45. The lowest BCUT2D eigenvalue weighted by molar-refractivity contribution is 0.346. The molecule has 136 valence electrons. The molecule has 1 aromatic rings. The molecule has 24 heavy (non-hydrogen) atoms. The van der Waals surface area contributed by atoms with Gasteiger partial charge in [-0.1, -0.05) is 39.0 Å². The quantitative estimate of drug-likeness (QED) is 0.584. The van der Waals surface area contributed by atoms with Gasteiger partial charge in [-0.2, -0.15) is 0 Å². The fraction of sp³-hybridized carbons (Fsp3) is 0.611. The normalized spacial score (nSPS) is 14.3. The fourth-order valence-electron chi connectivity index (χ4n) is 2.20. The van der Waals surface area contributed by atoms with Crippen molar-refractivity contribution in [2.75, 3.05) is 19.3 Å². The molecule has 1 unspecified atom stereocenters. The van der Waals surface area contributed by atoms with E-state index in [1.54, 1.807) is 31.3 Å². The molecule has 0 aliphatic heterocycles. The predicted octanol–water partition coefficient (Wildman–Crippen LogP) is 2.84. The first-order valence-corrected chi connectivity index (χ1v) is 10.0. The van der Waals surface area contributed by atoms with Gasteiger partial charge in [0.1, 0.15) is 0 Å². The van der Waals surface area contributed by atoms with Gasteiger partial charge in [0.05, 0.1) is 10.6 Å². The second kappa shape index (κ2) is 9.06. The van der Waals surface area contributed by atoms with Crippen molar-refractivity contribution in [1.29, 1.82) is 0 Å². The van der Waals surface area contributed by atoms with Crippen molar-refractivity contribution in [2.24, 2.45) is 10.4 Å². The van der Waals surface area contributed by atoms with Gasteiger partial charge in [0.2, 0.25) is 0 Å². The predicted molar refractivity (Wildman–Crippen MR) is 101 cm³/mol. The number of benzene rings is 1. The number of hydrogen-bond donors (Lipinski definition) is 2. The lowest BCUT2D eigenvalue weighted by Crippen LogP contribution is -2.43. The maximum atomic E-state index is 12.2. The summed E-state index contributed by atoms with van der Waals surface area (Å²) in [6.45, 7) is 9.10. The standard InChI is InChI=1S/C18H31N3O2S/c1-15(11-12-18(2,3)4)21-17(19-5)20-13-14-24(22,23)16-9-7-6-8-10-16/h6-10,15H,11-14H2,1-5H3,(H2,19,20,21). The van der Waals surface area contributed by atoms with Gasteiger partial charge in [0.15, 0.2) is 15.8 Å². The van der Waals surface area contributed by atoms with Crippen LogP contribution in [-0.2, 0) is 9.84 Å². The first-order chi connectivity index (χ1) is 11.1. The summed E-state index contributed by atoms with van der Waals surface area (Å²) in [4.78, 5) is 4.52. The van der Waals surface area contributed by atoms with Crippen LogP contribution in [0.15, 0.2) is 40.2 Å².